The predicted molar refractivity (Wildman–Crippen MR) is 72.9 cm³/mol. The molecule has 5 nitrogen and oxygen atoms in total. The number of para-hydroxylation sites is 1. The molecule has 0 aliphatic carbocycles. The van der Waals surface area contributed by atoms with E-state index in [1.54, 1.807) is 12.1 Å². The van der Waals surface area contributed by atoms with Crippen LogP contribution in [0.4, 0.5) is 5.69 Å². The monoisotopic (exact) mass is 253 g/mol. The van der Waals surface area contributed by atoms with E-state index in [9.17, 15) is 10.1 Å². The highest BCUT2D eigenvalue weighted by atomic mass is 16.6. The van der Waals surface area contributed by atoms with Crippen LogP contribution in [0, 0.1) is 15.5 Å². The van der Waals surface area contributed by atoms with Gasteiger partial charge >= 0.3 is 0 Å². The number of nitrogens with zero attached hydrogens (tertiary/aromatic N) is 2. The summed E-state index contributed by atoms with van der Waals surface area (Å²) in [5.41, 5.74) is 1.56. The van der Waals surface area contributed by atoms with Crippen molar-refractivity contribution in [3.63, 3.8) is 0 Å². The summed E-state index contributed by atoms with van der Waals surface area (Å²) in [7, 11) is 1.85. The van der Waals surface area contributed by atoms with Crippen LogP contribution >= 0.6 is 0 Å². The van der Waals surface area contributed by atoms with Crippen molar-refractivity contribution in [2.45, 2.75) is 0 Å². The van der Waals surface area contributed by atoms with Gasteiger partial charge < -0.3 is 4.57 Å². The molecular weight excluding hydrogens is 242 g/mol. The molecule has 3 rings (SSSR count). The van der Waals surface area contributed by atoms with Crippen molar-refractivity contribution in [3.8, 4) is 0 Å². The summed E-state index contributed by atoms with van der Waals surface area (Å²) in [4.78, 5) is 10.7. The summed E-state index contributed by atoms with van der Waals surface area (Å²) in [5.74, 6) is 0. The molecule has 0 radical (unpaired) electrons. The SMILES string of the molecule is Cn1c2ccccc2c(=N)c2c([N+](=O)[O-])cccc21. The molecule has 0 saturated carbocycles. The third kappa shape index (κ3) is 1.52. The molecular formula is C14H11N3O2. The van der Waals surface area contributed by atoms with Gasteiger partial charge in [-0.1, -0.05) is 24.3 Å². The fraction of sp³-hybridized carbons (Fsp3) is 0.0714. The lowest BCUT2D eigenvalue weighted by Gasteiger charge is -2.11. The zero-order chi connectivity index (χ0) is 13.6. The molecule has 1 heterocycles. The first-order valence-electron chi connectivity index (χ1n) is 5.80. The van der Waals surface area contributed by atoms with E-state index < -0.39 is 4.92 Å². The number of aryl methyl sites for hydroxylation is 1. The number of pyridine rings is 1. The van der Waals surface area contributed by atoms with Gasteiger partial charge in [0.05, 0.1) is 21.3 Å². The smallest absolute Gasteiger partial charge is 0.280 e. The molecule has 0 spiro atoms. The number of nitrogens with one attached hydrogen (secondary N) is 1. The van der Waals surface area contributed by atoms with Crippen LogP contribution in [0.25, 0.3) is 21.8 Å². The van der Waals surface area contributed by atoms with E-state index in [1.165, 1.54) is 6.07 Å². The molecule has 19 heavy (non-hydrogen) atoms. The van der Waals surface area contributed by atoms with Crippen LogP contribution in [0.1, 0.15) is 0 Å². The number of fused-ring (bicyclic) bond motifs is 2. The number of hydrogen-bond acceptors (Lipinski definition) is 3. The van der Waals surface area contributed by atoms with E-state index in [0.717, 1.165) is 5.52 Å². The lowest BCUT2D eigenvalue weighted by atomic mass is 10.1. The first-order chi connectivity index (χ1) is 9.11. The fourth-order valence-corrected chi connectivity index (χ4v) is 2.46. The Labute approximate surface area is 108 Å². The Kier molecular flexibility index (Phi) is 2.35. The first-order valence-corrected chi connectivity index (χ1v) is 5.80. The average molecular weight is 253 g/mol. The van der Waals surface area contributed by atoms with Gasteiger partial charge in [0.15, 0.2) is 0 Å². The minimum atomic E-state index is -0.435. The Bertz CT molecular complexity index is 881. The zero-order valence-corrected chi connectivity index (χ0v) is 10.3. The predicted octanol–water partition coefficient (Wildman–Crippen LogP) is 2.72. The second-order valence-corrected chi connectivity index (χ2v) is 4.38. The summed E-state index contributed by atoms with van der Waals surface area (Å²) in [6.45, 7) is 0. The number of aromatic nitrogens is 1. The lowest BCUT2D eigenvalue weighted by Crippen LogP contribution is -2.11. The summed E-state index contributed by atoms with van der Waals surface area (Å²) in [6.07, 6.45) is 0. The molecule has 3 aromatic rings. The largest absolute Gasteiger partial charge is 0.343 e. The van der Waals surface area contributed by atoms with Gasteiger partial charge in [0.25, 0.3) is 5.69 Å². The van der Waals surface area contributed by atoms with Crippen molar-refractivity contribution in [3.05, 3.63) is 57.9 Å². The molecule has 0 amide bonds. The second kappa shape index (κ2) is 3.91. The molecule has 0 unspecified atom stereocenters. The van der Waals surface area contributed by atoms with Crippen molar-refractivity contribution in [1.82, 2.24) is 4.57 Å². The molecule has 0 saturated heterocycles. The number of rotatable bonds is 1. The maximum absolute atomic E-state index is 11.1. The summed E-state index contributed by atoms with van der Waals surface area (Å²) < 4.78 is 1.88. The van der Waals surface area contributed by atoms with Gasteiger partial charge in [-0.25, -0.2) is 0 Å². The first kappa shape index (κ1) is 11.4. The number of hydrogen-bond donors (Lipinski definition) is 1. The van der Waals surface area contributed by atoms with Crippen molar-refractivity contribution >= 4 is 27.5 Å². The van der Waals surface area contributed by atoms with Crippen LogP contribution in [0.3, 0.4) is 0 Å². The molecule has 0 bridgehead atoms. The molecule has 0 fully saturated rings. The van der Waals surface area contributed by atoms with E-state index in [-0.39, 0.29) is 11.0 Å². The second-order valence-electron chi connectivity index (χ2n) is 4.38. The summed E-state index contributed by atoms with van der Waals surface area (Å²) in [6, 6.07) is 12.3. The Balaban J connectivity index is 2.69. The van der Waals surface area contributed by atoms with E-state index in [0.29, 0.717) is 16.3 Å². The van der Waals surface area contributed by atoms with Gasteiger partial charge in [-0.15, -0.1) is 0 Å². The quantitative estimate of drug-likeness (QED) is 0.411. The topological polar surface area (TPSA) is 71.9 Å². The van der Waals surface area contributed by atoms with E-state index in [4.69, 9.17) is 5.41 Å². The number of non-ortho nitro benzene ring substituents is 1. The maximum atomic E-state index is 11.1. The Morgan fingerprint density at radius 3 is 2.53 bits per heavy atom. The minimum Gasteiger partial charge on any atom is -0.343 e. The Morgan fingerprint density at radius 2 is 1.79 bits per heavy atom. The molecule has 0 atom stereocenters. The molecule has 5 heteroatoms. The third-order valence-corrected chi connectivity index (χ3v) is 3.36. The fourth-order valence-electron chi connectivity index (χ4n) is 2.46. The molecule has 2 aromatic carbocycles. The van der Waals surface area contributed by atoms with Gasteiger partial charge in [0.1, 0.15) is 5.39 Å². The molecule has 94 valence electrons. The van der Waals surface area contributed by atoms with Crippen molar-refractivity contribution in [1.29, 1.82) is 5.41 Å². The normalized spacial score (nSPS) is 11.0. The minimum absolute atomic E-state index is 0.0242. The van der Waals surface area contributed by atoms with Crippen LogP contribution in [0.5, 0.6) is 0 Å². The molecule has 1 aromatic heterocycles. The Morgan fingerprint density at radius 1 is 1.11 bits per heavy atom. The molecule has 1 N–H and O–H groups in total. The molecule has 0 aliphatic rings. The maximum Gasteiger partial charge on any atom is 0.280 e. The number of nitro benzene ring substituents is 1. The van der Waals surface area contributed by atoms with Gasteiger partial charge in [0, 0.05) is 18.5 Å². The van der Waals surface area contributed by atoms with E-state index in [1.807, 2.05) is 35.9 Å². The van der Waals surface area contributed by atoms with Crippen LogP contribution < -0.4 is 5.36 Å². The molecule has 0 aliphatic heterocycles. The Hall–Kier alpha value is -2.69. The van der Waals surface area contributed by atoms with Gasteiger partial charge in [-0.05, 0) is 12.1 Å². The zero-order valence-electron chi connectivity index (χ0n) is 10.3. The standard InChI is InChI=1S/C14H11N3O2/c1-16-10-6-3-2-5-9(10)14(15)13-11(16)7-4-8-12(13)17(18)19/h2-8,15H,1H3. The van der Waals surface area contributed by atoms with Crippen molar-refractivity contribution in [2.24, 2.45) is 7.05 Å². The summed E-state index contributed by atoms with van der Waals surface area (Å²) in [5, 5.41) is 20.7. The van der Waals surface area contributed by atoms with E-state index >= 15 is 0 Å². The highest BCUT2D eigenvalue weighted by Gasteiger charge is 2.16. The highest BCUT2D eigenvalue weighted by molar-refractivity contribution is 5.97. The summed E-state index contributed by atoms with van der Waals surface area (Å²) >= 11 is 0. The van der Waals surface area contributed by atoms with Crippen molar-refractivity contribution < 1.29 is 4.92 Å². The van der Waals surface area contributed by atoms with Crippen LogP contribution in [0.2, 0.25) is 0 Å². The van der Waals surface area contributed by atoms with Crippen molar-refractivity contribution in [2.75, 3.05) is 0 Å². The van der Waals surface area contributed by atoms with Crippen LogP contribution in [-0.4, -0.2) is 9.49 Å². The number of nitro groups is 1. The highest BCUT2D eigenvalue weighted by Crippen LogP contribution is 2.25. The third-order valence-electron chi connectivity index (χ3n) is 3.36. The lowest BCUT2D eigenvalue weighted by molar-refractivity contribution is -0.383. The van der Waals surface area contributed by atoms with Gasteiger partial charge in [0.2, 0.25) is 0 Å². The average Bonchev–Trinajstić information content (AvgIpc) is 2.44. The number of benzene rings is 2. The van der Waals surface area contributed by atoms with Crippen LogP contribution in [-0.2, 0) is 7.05 Å². The van der Waals surface area contributed by atoms with Gasteiger partial charge in [-0.3, -0.25) is 15.5 Å². The van der Waals surface area contributed by atoms with Crippen LogP contribution in [0.15, 0.2) is 42.5 Å². The van der Waals surface area contributed by atoms with E-state index in [2.05, 4.69) is 0 Å². The van der Waals surface area contributed by atoms with Gasteiger partial charge in [-0.2, -0.15) is 0 Å².